The van der Waals surface area contributed by atoms with E-state index in [9.17, 15) is 10.1 Å². The summed E-state index contributed by atoms with van der Waals surface area (Å²) in [7, 11) is 1.57. The molecule has 0 aliphatic carbocycles. The van der Waals surface area contributed by atoms with Gasteiger partial charge in [0.25, 0.3) is 0 Å². The van der Waals surface area contributed by atoms with Gasteiger partial charge in [-0.2, -0.15) is 0 Å². The standard InChI is InChI=1S/C8H11NO4/c1-12-6-8-3-2-7(13-8)4-5-9(10)11/h2-3H,4-6H2,1H3. The second-order valence-electron chi connectivity index (χ2n) is 2.61. The van der Waals surface area contributed by atoms with Gasteiger partial charge in [-0.1, -0.05) is 0 Å². The summed E-state index contributed by atoms with van der Waals surface area (Å²) in [4.78, 5) is 9.68. The van der Waals surface area contributed by atoms with E-state index in [4.69, 9.17) is 9.15 Å². The Morgan fingerprint density at radius 3 is 2.85 bits per heavy atom. The summed E-state index contributed by atoms with van der Waals surface area (Å²) >= 11 is 0. The van der Waals surface area contributed by atoms with E-state index in [1.807, 2.05) is 0 Å². The molecule has 0 radical (unpaired) electrons. The zero-order chi connectivity index (χ0) is 9.68. The number of ether oxygens (including phenoxy) is 1. The van der Waals surface area contributed by atoms with E-state index in [1.54, 1.807) is 19.2 Å². The van der Waals surface area contributed by atoms with Crippen molar-refractivity contribution in [1.29, 1.82) is 0 Å². The van der Waals surface area contributed by atoms with Crippen LogP contribution in [0, 0.1) is 10.1 Å². The first-order valence-electron chi connectivity index (χ1n) is 3.90. The molecule has 0 amide bonds. The van der Waals surface area contributed by atoms with Gasteiger partial charge in [-0.3, -0.25) is 10.1 Å². The van der Waals surface area contributed by atoms with Crippen LogP contribution in [0.25, 0.3) is 0 Å². The fourth-order valence-corrected chi connectivity index (χ4v) is 0.978. The summed E-state index contributed by atoms with van der Waals surface area (Å²) in [6.07, 6.45) is 0.330. The summed E-state index contributed by atoms with van der Waals surface area (Å²) in [6.45, 7) is 0.304. The first-order chi connectivity index (χ1) is 6.22. The molecule has 0 aromatic carbocycles. The summed E-state index contributed by atoms with van der Waals surface area (Å²) in [6, 6.07) is 3.50. The third-order valence-corrected chi connectivity index (χ3v) is 1.54. The molecule has 5 nitrogen and oxygen atoms in total. The number of nitro groups is 1. The van der Waals surface area contributed by atoms with Crippen molar-refractivity contribution in [3.05, 3.63) is 33.8 Å². The molecular formula is C8H11NO4. The van der Waals surface area contributed by atoms with Crippen LogP contribution in [0.2, 0.25) is 0 Å². The van der Waals surface area contributed by atoms with Crippen molar-refractivity contribution < 1.29 is 14.1 Å². The summed E-state index contributed by atoms with van der Waals surface area (Å²) in [5.74, 6) is 1.32. The first-order valence-corrected chi connectivity index (χ1v) is 3.90. The predicted molar refractivity (Wildman–Crippen MR) is 45.0 cm³/mol. The molecule has 0 spiro atoms. The van der Waals surface area contributed by atoms with Gasteiger partial charge < -0.3 is 9.15 Å². The molecule has 1 aromatic rings. The molecule has 0 N–H and O–H groups in total. The first kappa shape index (κ1) is 9.73. The van der Waals surface area contributed by atoms with Crippen molar-refractivity contribution in [3.63, 3.8) is 0 Å². The van der Waals surface area contributed by atoms with Crippen LogP contribution in [0.3, 0.4) is 0 Å². The molecule has 0 bridgehead atoms. The molecule has 5 heteroatoms. The molecule has 0 saturated heterocycles. The van der Waals surface area contributed by atoms with Gasteiger partial charge >= 0.3 is 0 Å². The van der Waals surface area contributed by atoms with E-state index >= 15 is 0 Å². The average Bonchev–Trinajstić information content (AvgIpc) is 2.50. The van der Waals surface area contributed by atoms with Gasteiger partial charge in [-0.25, -0.2) is 0 Å². The Hall–Kier alpha value is -1.36. The van der Waals surface area contributed by atoms with E-state index in [0.29, 0.717) is 24.5 Å². The lowest BCUT2D eigenvalue weighted by atomic mass is 10.3. The van der Waals surface area contributed by atoms with Gasteiger partial charge in [0.05, 0.1) is 6.42 Å². The Morgan fingerprint density at radius 2 is 2.23 bits per heavy atom. The van der Waals surface area contributed by atoms with Gasteiger partial charge in [0.2, 0.25) is 6.54 Å². The minimum absolute atomic E-state index is 0.0973. The van der Waals surface area contributed by atoms with Crippen LogP contribution in [-0.4, -0.2) is 18.6 Å². The van der Waals surface area contributed by atoms with Gasteiger partial charge in [0.1, 0.15) is 18.1 Å². The minimum Gasteiger partial charge on any atom is -0.463 e. The molecule has 0 fully saturated rings. The summed E-state index contributed by atoms with van der Waals surface area (Å²) in [5.41, 5.74) is 0. The second-order valence-corrected chi connectivity index (χ2v) is 2.61. The molecule has 0 aliphatic heterocycles. The van der Waals surface area contributed by atoms with Crippen molar-refractivity contribution in [2.75, 3.05) is 13.7 Å². The largest absolute Gasteiger partial charge is 0.463 e. The number of rotatable bonds is 5. The third kappa shape index (κ3) is 3.25. The van der Waals surface area contributed by atoms with Crippen LogP contribution in [0.1, 0.15) is 11.5 Å². The Bertz CT molecular complexity index is 281. The normalized spacial score (nSPS) is 10.2. The van der Waals surface area contributed by atoms with Crippen molar-refractivity contribution in [1.82, 2.24) is 0 Å². The van der Waals surface area contributed by atoms with Crippen molar-refractivity contribution in [2.45, 2.75) is 13.0 Å². The maximum Gasteiger partial charge on any atom is 0.210 e. The lowest BCUT2D eigenvalue weighted by molar-refractivity contribution is -0.479. The number of methoxy groups -OCH3 is 1. The highest BCUT2D eigenvalue weighted by Gasteiger charge is 2.04. The molecule has 1 rings (SSSR count). The van der Waals surface area contributed by atoms with Crippen LogP contribution in [0.15, 0.2) is 16.5 Å². The molecule has 0 saturated carbocycles. The van der Waals surface area contributed by atoms with Crippen molar-refractivity contribution in [3.8, 4) is 0 Å². The Labute approximate surface area is 75.5 Å². The maximum atomic E-state index is 10.0. The Balaban J connectivity index is 2.44. The molecule has 0 aliphatic rings. The SMILES string of the molecule is COCc1ccc(CC[N+](=O)[O-])o1. The predicted octanol–water partition coefficient (Wildman–Crippen LogP) is 1.25. The second kappa shape index (κ2) is 4.61. The summed E-state index contributed by atoms with van der Waals surface area (Å²) in [5, 5.41) is 10.0. The van der Waals surface area contributed by atoms with Gasteiger partial charge in [0.15, 0.2) is 0 Å². The van der Waals surface area contributed by atoms with E-state index in [0.717, 1.165) is 0 Å². The molecule has 13 heavy (non-hydrogen) atoms. The van der Waals surface area contributed by atoms with Gasteiger partial charge in [-0.05, 0) is 12.1 Å². The fraction of sp³-hybridized carbons (Fsp3) is 0.500. The third-order valence-electron chi connectivity index (χ3n) is 1.54. The van der Waals surface area contributed by atoms with Gasteiger partial charge in [0, 0.05) is 12.0 Å². The minimum atomic E-state index is -0.363. The van der Waals surface area contributed by atoms with E-state index in [-0.39, 0.29) is 11.5 Å². The number of furan rings is 1. The summed E-state index contributed by atoms with van der Waals surface area (Å²) < 4.78 is 10.1. The van der Waals surface area contributed by atoms with E-state index in [2.05, 4.69) is 0 Å². The number of hydrogen-bond acceptors (Lipinski definition) is 4. The fourth-order valence-electron chi connectivity index (χ4n) is 0.978. The zero-order valence-electron chi connectivity index (χ0n) is 7.36. The van der Waals surface area contributed by atoms with Crippen LogP contribution in [-0.2, 0) is 17.8 Å². The molecule has 0 atom stereocenters. The number of hydrogen-bond donors (Lipinski definition) is 0. The molecule has 0 unspecified atom stereocenters. The Kier molecular flexibility index (Phi) is 3.45. The Morgan fingerprint density at radius 1 is 1.54 bits per heavy atom. The number of nitrogens with zero attached hydrogens (tertiary/aromatic N) is 1. The molecule has 1 heterocycles. The van der Waals surface area contributed by atoms with Crippen LogP contribution in [0.4, 0.5) is 0 Å². The highest BCUT2D eigenvalue weighted by molar-refractivity contribution is 5.06. The lowest BCUT2D eigenvalue weighted by Gasteiger charge is -1.93. The van der Waals surface area contributed by atoms with Crippen LogP contribution >= 0.6 is 0 Å². The van der Waals surface area contributed by atoms with E-state index in [1.165, 1.54) is 0 Å². The van der Waals surface area contributed by atoms with Gasteiger partial charge in [-0.15, -0.1) is 0 Å². The molecule has 72 valence electrons. The van der Waals surface area contributed by atoms with Crippen LogP contribution in [0.5, 0.6) is 0 Å². The molecule has 1 aromatic heterocycles. The lowest BCUT2D eigenvalue weighted by Crippen LogP contribution is -2.02. The smallest absolute Gasteiger partial charge is 0.210 e. The quantitative estimate of drug-likeness (QED) is 0.511. The van der Waals surface area contributed by atoms with E-state index < -0.39 is 0 Å². The molecular weight excluding hydrogens is 174 g/mol. The monoisotopic (exact) mass is 185 g/mol. The zero-order valence-corrected chi connectivity index (χ0v) is 7.36. The topological polar surface area (TPSA) is 65.5 Å². The average molecular weight is 185 g/mol. The van der Waals surface area contributed by atoms with Crippen molar-refractivity contribution >= 4 is 0 Å². The maximum absolute atomic E-state index is 10.0. The highest BCUT2D eigenvalue weighted by atomic mass is 16.6. The van der Waals surface area contributed by atoms with Crippen LogP contribution < -0.4 is 0 Å². The highest BCUT2D eigenvalue weighted by Crippen LogP contribution is 2.09. The van der Waals surface area contributed by atoms with Crippen molar-refractivity contribution in [2.24, 2.45) is 0 Å².